The molecule has 0 aliphatic rings. The first kappa shape index (κ1) is 14.8. The molecule has 4 heteroatoms. The summed E-state index contributed by atoms with van der Waals surface area (Å²) in [6.07, 6.45) is 4.92. The molecule has 15 heavy (non-hydrogen) atoms. The zero-order valence-electron chi connectivity index (χ0n) is 10.3. The lowest BCUT2D eigenvalue weighted by Gasteiger charge is -2.23. The van der Waals surface area contributed by atoms with Crippen molar-refractivity contribution in [3.8, 4) is 0 Å². The fraction of sp³-hybridized carbons (Fsp3) is 0.909. The van der Waals surface area contributed by atoms with Crippen LogP contribution in [0.25, 0.3) is 0 Å². The summed E-state index contributed by atoms with van der Waals surface area (Å²) in [5.41, 5.74) is 5.76. The van der Waals surface area contributed by atoms with Crippen molar-refractivity contribution < 1.29 is 4.79 Å². The molecule has 0 aromatic rings. The molecule has 0 aliphatic carbocycles. The van der Waals surface area contributed by atoms with Crippen LogP contribution in [0.15, 0.2) is 0 Å². The van der Waals surface area contributed by atoms with Crippen LogP contribution in [-0.4, -0.2) is 29.5 Å². The monoisotopic (exact) mass is 232 g/mol. The van der Waals surface area contributed by atoms with Crippen LogP contribution >= 0.6 is 11.8 Å². The second-order valence-electron chi connectivity index (χ2n) is 4.43. The van der Waals surface area contributed by atoms with Crippen molar-refractivity contribution in [2.75, 3.05) is 12.8 Å². The number of carbonyl (C=O) groups excluding carboxylic acids is 1. The predicted molar refractivity (Wildman–Crippen MR) is 68.1 cm³/mol. The van der Waals surface area contributed by atoms with Crippen molar-refractivity contribution >= 4 is 17.7 Å². The third-order valence-electron chi connectivity index (χ3n) is 2.45. The molecule has 0 unspecified atom stereocenters. The highest BCUT2D eigenvalue weighted by Gasteiger charge is 2.19. The number of nitrogens with two attached hydrogens (primary N) is 1. The van der Waals surface area contributed by atoms with E-state index in [9.17, 15) is 4.79 Å². The number of hydrogen-bond acceptors (Lipinski definition) is 3. The first-order valence-corrected chi connectivity index (χ1v) is 6.74. The number of amides is 1. The highest BCUT2D eigenvalue weighted by molar-refractivity contribution is 7.99. The van der Waals surface area contributed by atoms with Gasteiger partial charge in [0.2, 0.25) is 5.91 Å². The molecule has 3 N–H and O–H groups in total. The van der Waals surface area contributed by atoms with Crippen LogP contribution in [-0.2, 0) is 4.79 Å². The van der Waals surface area contributed by atoms with E-state index in [1.165, 1.54) is 0 Å². The van der Waals surface area contributed by atoms with Gasteiger partial charge in [-0.2, -0.15) is 11.8 Å². The number of rotatable bonds is 7. The lowest BCUT2D eigenvalue weighted by atomic mass is 10.1. The number of hydrogen-bond donors (Lipinski definition) is 2. The molecule has 0 rings (SSSR count). The van der Waals surface area contributed by atoms with Crippen LogP contribution in [0, 0.1) is 0 Å². The molecule has 90 valence electrons. The van der Waals surface area contributed by atoms with Gasteiger partial charge in [-0.15, -0.1) is 0 Å². The highest BCUT2D eigenvalue weighted by Crippen LogP contribution is 2.19. The van der Waals surface area contributed by atoms with Crippen LogP contribution in [0.1, 0.15) is 40.0 Å². The first-order chi connectivity index (χ1) is 6.93. The van der Waals surface area contributed by atoms with Crippen LogP contribution in [0.2, 0.25) is 0 Å². The fourth-order valence-electron chi connectivity index (χ4n) is 1.06. The lowest BCUT2D eigenvalue weighted by molar-refractivity contribution is -0.122. The molecule has 0 aliphatic heterocycles. The topological polar surface area (TPSA) is 55.1 Å². The van der Waals surface area contributed by atoms with Crippen LogP contribution in [0.4, 0.5) is 0 Å². The van der Waals surface area contributed by atoms with Gasteiger partial charge < -0.3 is 11.1 Å². The minimum atomic E-state index is -0.345. The van der Waals surface area contributed by atoms with Gasteiger partial charge in [-0.3, -0.25) is 4.79 Å². The van der Waals surface area contributed by atoms with Gasteiger partial charge in [0, 0.05) is 11.3 Å². The van der Waals surface area contributed by atoms with Gasteiger partial charge in [0.25, 0.3) is 0 Å². The molecular weight excluding hydrogens is 208 g/mol. The Labute approximate surface area is 97.6 Å². The first-order valence-electron chi connectivity index (χ1n) is 5.51. The van der Waals surface area contributed by atoms with Gasteiger partial charge >= 0.3 is 0 Å². The van der Waals surface area contributed by atoms with Crippen molar-refractivity contribution in [1.82, 2.24) is 5.32 Å². The van der Waals surface area contributed by atoms with Crippen LogP contribution < -0.4 is 11.1 Å². The van der Waals surface area contributed by atoms with Crippen LogP contribution in [0.5, 0.6) is 0 Å². The summed E-state index contributed by atoms with van der Waals surface area (Å²) in [7, 11) is 0. The van der Waals surface area contributed by atoms with Crippen molar-refractivity contribution in [1.29, 1.82) is 0 Å². The standard InChI is InChI=1S/C11H24N2OS/c1-5-6-7-9(12)10(14)13-8-11(2,3)15-4/h9H,5-8,12H2,1-4H3,(H,13,14)/t9-/m0/s1. The van der Waals surface area contributed by atoms with E-state index in [2.05, 4.69) is 26.1 Å². The Hall–Kier alpha value is -0.220. The summed E-state index contributed by atoms with van der Waals surface area (Å²) in [4.78, 5) is 11.6. The fourth-order valence-corrected chi connectivity index (χ4v) is 1.27. The summed E-state index contributed by atoms with van der Waals surface area (Å²) in [6.45, 7) is 6.99. The Morgan fingerprint density at radius 1 is 1.53 bits per heavy atom. The van der Waals surface area contributed by atoms with Gasteiger partial charge in [0.1, 0.15) is 0 Å². The Kier molecular flexibility index (Phi) is 7.02. The van der Waals surface area contributed by atoms with Crippen molar-refractivity contribution in [2.45, 2.75) is 50.8 Å². The van der Waals surface area contributed by atoms with E-state index in [-0.39, 0.29) is 16.7 Å². The summed E-state index contributed by atoms with van der Waals surface area (Å²) in [6, 6.07) is -0.345. The molecule has 1 atom stereocenters. The Morgan fingerprint density at radius 3 is 2.60 bits per heavy atom. The quantitative estimate of drug-likeness (QED) is 0.703. The summed E-state index contributed by atoms with van der Waals surface area (Å²) in [5.74, 6) is -0.0226. The molecule has 0 heterocycles. The number of unbranched alkanes of at least 4 members (excludes halogenated alkanes) is 1. The zero-order chi connectivity index (χ0) is 11.9. The molecular formula is C11H24N2OS. The van der Waals surface area contributed by atoms with E-state index in [0.29, 0.717) is 6.54 Å². The minimum absolute atomic E-state index is 0.0226. The molecule has 0 spiro atoms. The normalized spacial score (nSPS) is 13.7. The maximum absolute atomic E-state index is 11.6. The largest absolute Gasteiger partial charge is 0.353 e. The van der Waals surface area contributed by atoms with Crippen molar-refractivity contribution in [2.24, 2.45) is 5.73 Å². The van der Waals surface area contributed by atoms with E-state index in [4.69, 9.17) is 5.73 Å². The van der Waals surface area contributed by atoms with E-state index in [0.717, 1.165) is 19.3 Å². The summed E-state index contributed by atoms with van der Waals surface area (Å²) in [5, 5.41) is 2.90. The number of thioether (sulfide) groups is 1. The second-order valence-corrected chi connectivity index (χ2v) is 5.94. The maximum atomic E-state index is 11.6. The lowest BCUT2D eigenvalue weighted by Crippen LogP contribution is -2.45. The minimum Gasteiger partial charge on any atom is -0.353 e. The average molecular weight is 232 g/mol. The van der Waals surface area contributed by atoms with Gasteiger partial charge in [0.15, 0.2) is 0 Å². The number of carbonyl (C=O) groups is 1. The van der Waals surface area contributed by atoms with E-state index in [1.54, 1.807) is 11.8 Å². The highest BCUT2D eigenvalue weighted by atomic mass is 32.2. The third kappa shape index (κ3) is 6.79. The van der Waals surface area contributed by atoms with E-state index in [1.807, 2.05) is 6.26 Å². The number of nitrogens with one attached hydrogen (secondary N) is 1. The Bertz CT molecular complexity index is 195. The molecule has 0 radical (unpaired) electrons. The smallest absolute Gasteiger partial charge is 0.236 e. The van der Waals surface area contributed by atoms with Crippen molar-refractivity contribution in [3.63, 3.8) is 0 Å². The molecule has 0 aromatic carbocycles. The summed E-state index contributed by atoms with van der Waals surface area (Å²) >= 11 is 1.74. The van der Waals surface area contributed by atoms with E-state index >= 15 is 0 Å². The molecule has 0 saturated heterocycles. The predicted octanol–water partition coefficient (Wildman–Crippen LogP) is 1.76. The summed E-state index contributed by atoms with van der Waals surface area (Å²) < 4.78 is 0.0835. The molecule has 0 aromatic heterocycles. The van der Waals surface area contributed by atoms with Gasteiger partial charge in [-0.1, -0.05) is 19.8 Å². The van der Waals surface area contributed by atoms with Crippen LogP contribution in [0.3, 0.4) is 0 Å². The molecule has 1 amide bonds. The Morgan fingerprint density at radius 2 is 2.13 bits per heavy atom. The van der Waals surface area contributed by atoms with E-state index < -0.39 is 0 Å². The second kappa shape index (κ2) is 7.12. The van der Waals surface area contributed by atoms with Gasteiger partial charge in [-0.25, -0.2) is 0 Å². The molecule has 0 saturated carbocycles. The SMILES string of the molecule is CCCC[C@H](N)C(=O)NCC(C)(C)SC. The molecule has 3 nitrogen and oxygen atoms in total. The average Bonchev–Trinajstić information content (AvgIpc) is 2.22. The molecule has 0 fully saturated rings. The van der Waals surface area contributed by atoms with Gasteiger partial charge in [0.05, 0.1) is 6.04 Å². The third-order valence-corrected chi connectivity index (χ3v) is 3.70. The van der Waals surface area contributed by atoms with Gasteiger partial charge in [-0.05, 0) is 26.5 Å². The van der Waals surface area contributed by atoms with Crippen molar-refractivity contribution in [3.05, 3.63) is 0 Å². The zero-order valence-corrected chi connectivity index (χ0v) is 11.1. The Balaban J connectivity index is 3.82. The molecule has 0 bridgehead atoms. The maximum Gasteiger partial charge on any atom is 0.236 e.